The number of phenolic OH excluding ortho intramolecular Hbond substituents is 1. The van der Waals surface area contributed by atoms with Crippen LogP contribution in [0, 0.1) is 11.8 Å². The Balaban J connectivity index is 1.92. The summed E-state index contributed by atoms with van der Waals surface area (Å²) < 4.78 is 0. The first kappa shape index (κ1) is 12.7. The maximum Gasteiger partial charge on any atom is 0.255 e. The van der Waals surface area contributed by atoms with Crippen LogP contribution in [0.25, 0.3) is 0 Å². The molecular weight excluding hydrogens is 238 g/mol. The molecule has 2 aromatic rings. The lowest BCUT2D eigenvalue weighted by atomic mass is 10.2. The maximum atomic E-state index is 11.7. The Hall–Kier alpha value is -2.73. The van der Waals surface area contributed by atoms with Gasteiger partial charge in [-0.1, -0.05) is 42.2 Å². The second kappa shape index (κ2) is 6.27. The van der Waals surface area contributed by atoms with Crippen molar-refractivity contribution in [3.63, 3.8) is 0 Å². The van der Waals surface area contributed by atoms with Crippen molar-refractivity contribution >= 4 is 5.91 Å². The second-order valence-corrected chi connectivity index (χ2v) is 3.87. The molecule has 0 aliphatic rings. The molecule has 0 heterocycles. The maximum absolute atomic E-state index is 11.7. The molecule has 0 saturated carbocycles. The van der Waals surface area contributed by atoms with E-state index in [9.17, 15) is 9.90 Å². The largest absolute Gasteiger partial charge is 0.507 e. The Bertz CT molecular complexity index is 624. The van der Waals surface area contributed by atoms with Crippen molar-refractivity contribution < 1.29 is 9.90 Å². The molecule has 0 saturated heterocycles. The molecule has 1 amide bonds. The zero-order valence-electron chi connectivity index (χ0n) is 10.3. The van der Waals surface area contributed by atoms with E-state index >= 15 is 0 Å². The molecule has 0 bridgehead atoms. The summed E-state index contributed by atoms with van der Waals surface area (Å²) in [7, 11) is 0. The first-order valence-corrected chi connectivity index (χ1v) is 5.87. The van der Waals surface area contributed by atoms with Gasteiger partial charge in [0.1, 0.15) is 5.75 Å². The van der Waals surface area contributed by atoms with Gasteiger partial charge in [-0.25, -0.2) is 0 Å². The standard InChI is InChI=1S/C16H13NO2/c18-15-11-5-4-10-14(15)16(19)17-12-6-9-13-7-2-1-3-8-13/h1-5,7-8,10-11,18H,12H2,(H,17,19). The molecule has 94 valence electrons. The van der Waals surface area contributed by atoms with Crippen LogP contribution in [0.2, 0.25) is 0 Å². The number of para-hydroxylation sites is 1. The highest BCUT2D eigenvalue weighted by molar-refractivity contribution is 5.96. The summed E-state index contributed by atoms with van der Waals surface area (Å²) in [6, 6.07) is 15.9. The van der Waals surface area contributed by atoms with Crippen molar-refractivity contribution in [3.05, 3.63) is 65.7 Å². The fraction of sp³-hybridized carbons (Fsp3) is 0.0625. The van der Waals surface area contributed by atoms with E-state index in [0.29, 0.717) is 0 Å². The summed E-state index contributed by atoms with van der Waals surface area (Å²) in [5.41, 5.74) is 1.16. The number of amides is 1. The SMILES string of the molecule is O=C(NCC#Cc1ccccc1)c1ccccc1O. The average molecular weight is 251 g/mol. The number of phenols is 1. The van der Waals surface area contributed by atoms with Gasteiger partial charge in [-0.2, -0.15) is 0 Å². The fourth-order valence-corrected chi connectivity index (χ4v) is 1.55. The third kappa shape index (κ3) is 3.62. The molecule has 0 atom stereocenters. The Labute approximate surface area is 111 Å². The molecule has 3 heteroatoms. The van der Waals surface area contributed by atoms with Crippen LogP contribution in [0.3, 0.4) is 0 Å². The van der Waals surface area contributed by atoms with Gasteiger partial charge in [0.2, 0.25) is 0 Å². The van der Waals surface area contributed by atoms with Crippen molar-refractivity contribution in [1.82, 2.24) is 5.32 Å². The Morgan fingerprint density at radius 3 is 2.47 bits per heavy atom. The normalized spacial score (nSPS) is 9.26. The van der Waals surface area contributed by atoms with Gasteiger partial charge in [-0.3, -0.25) is 4.79 Å². The summed E-state index contributed by atoms with van der Waals surface area (Å²) >= 11 is 0. The van der Waals surface area contributed by atoms with E-state index in [0.717, 1.165) is 5.56 Å². The van der Waals surface area contributed by atoms with Crippen LogP contribution in [0.5, 0.6) is 5.75 Å². The van der Waals surface area contributed by atoms with Crippen molar-refractivity contribution in [2.45, 2.75) is 0 Å². The van der Waals surface area contributed by atoms with Gasteiger partial charge in [0, 0.05) is 5.56 Å². The monoisotopic (exact) mass is 251 g/mol. The highest BCUT2D eigenvalue weighted by atomic mass is 16.3. The Morgan fingerprint density at radius 1 is 1.05 bits per heavy atom. The number of aromatic hydroxyl groups is 1. The lowest BCUT2D eigenvalue weighted by Gasteiger charge is -2.03. The summed E-state index contributed by atoms with van der Waals surface area (Å²) in [6.07, 6.45) is 0. The number of rotatable bonds is 2. The first-order chi connectivity index (χ1) is 9.27. The van der Waals surface area contributed by atoms with Gasteiger partial charge < -0.3 is 10.4 Å². The van der Waals surface area contributed by atoms with E-state index < -0.39 is 0 Å². The van der Waals surface area contributed by atoms with Crippen LogP contribution in [-0.4, -0.2) is 17.6 Å². The quantitative estimate of drug-likeness (QED) is 0.804. The van der Waals surface area contributed by atoms with Gasteiger partial charge in [0.15, 0.2) is 0 Å². The topological polar surface area (TPSA) is 49.3 Å². The van der Waals surface area contributed by atoms with Crippen molar-refractivity contribution in [1.29, 1.82) is 0 Å². The number of benzene rings is 2. The number of nitrogens with one attached hydrogen (secondary N) is 1. The zero-order chi connectivity index (χ0) is 13.5. The molecule has 2 N–H and O–H groups in total. The smallest absolute Gasteiger partial charge is 0.255 e. The zero-order valence-corrected chi connectivity index (χ0v) is 10.3. The predicted octanol–water partition coefficient (Wildman–Crippen LogP) is 2.17. The van der Waals surface area contributed by atoms with E-state index in [1.165, 1.54) is 6.07 Å². The van der Waals surface area contributed by atoms with Crippen LogP contribution >= 0.6 is 0 Å². The number of carbonyl (C=O) groups excluding carboxylic acids is 1. The molecule has 0 radical (unpaired) electrons. The highest BCUT2D eigenvalue weighted by Crippen LogP contribution is 2.14. The second-order valence-electron chi connectivity index (χ2n) is 3.87. The van der Waals surface area contributed by atoms with E-state index in [4.69, 9.17) is 0 Å². The Kier molecular flexibility index (Phi) is 4.20. The van der Waals surface area contributed by atoms with Crippen LogP contribution in [0.4, 0.5) is 0 Å². The van der Waals surface area contributed by atoms with Gasteiger partial charge >= 0.3 is 0 Å². The molecule has 0 spiro atoms. The minimum absolute atomic E-state index is 0.0315. The highest BCUT2D eigenvalue weighted by Gasteiger charge is 2.07. The molecule has 0 unspecified atom stereocenters. The summed E-state index contributed by atoms with van der Waals surface area (Å²) in [5.74, 6) is 5.43. The summed E-state index contributed by atoms with van der Waals surface area (Å²) in [4.78, 5) is 11.7. The molecular formula is C16H13NO2. The molecule has 19 heavy (non-hydrogen) atoms. The number of carbonyl (C=O) groups is 1. The van der Waals surface area contributed by atoms with E-state index in [1.807, 2.05) is 30.3 Å². The number of hydrogen-bond donors (Lipinski definition) is 2. The van der Waals surface area contributed by atoms with Gasteiger partial charge in [0.25, 0.3) is 5.91 Å². The van der Waals surface area contributed by atoms with Gasteiger partial charge in [-0.05, 0) is 24.3 Å². The van der Waals surface area contributed by atoms with Crippen molar-refractivity contribution in [3.8, 4) is 17.6 Å². The van der Waals surface area contributed by atoms with Gasteiger partial charge in [-0.15, -0.1) is 0 Å². The molecule has 0 fully saturated rings. The minimum Gasteiger partial charge on any atom is -0.507 e. The lowest BCUT2D eigenvalue weighted by molar-refractivity contribution is 0.0956. The Morgan fingerprint density at radius 2 is 1.74 bits per heavy atom. The van der Waals surface area contributed by atoms with Crippen LogP contribution < -0.4 is 5.32 Å². The van der Waals surface area contributed by atoms with E-state index in [1.54, 1.807) is 18.2 Å². The predicted molar refractivity (Wildman–Crippen MR) is 73.8 cm³/mol. The molecule has 0 aliphatic heterocycles. The molecule has 3 nitrogen and oxygen atoms in total. The molecule has 2 aromatic carbocycles. The lowest BCUT2D eigenvalue weighted by Crippen LogP contribution is -2.23. The molecule has 2 rings (SSSR count). The fourth-order valence-electron chi connectivity index (χ4n) is 1.55. The van der Waals surface area contributed by atoms with Crippen molar-refractivity contribution in [2.75, 3.05) is 6.54 Å². The van der Waals surface area contributed by atoms with Crippen molar-refractivity contribution in [2.24, 2.45) is 0 Å². The van der Waals surface area contributed by atoms with E-state index in [-0.39, 0.29) is 23.8 Å². The summed E-state index contributed by atoms with van der Waals surface area (Å²) in [6.45, 7) is 0.238. The minimum atomic E-state index is -0.333. The summed E-state index contributed by atoms with van der Waals surface area (Å²) in [5, 5.41) is 12.2. The average Bonchev–Trinajstić information content (AvgIpc) is 2.45. The van der Waals surface area contributed by atoms with Crippen LogP contribution in [-0.2, 0) is 0 Å². The van der Waals surface area contributed by atoms with E-state index in [2.05, 4.69) is 17.2 Å². The molecule has 0 aliphatic carbocycles. The van der Waals surface area contributed by atoms with Gasteiger partial charge in [0.05, 0.1) is 12.1 Å². The third-order valence-electron chi connectivity index (χ3n) is 2.49. The van der Waals surface area contributed by atoms with Crippen LogP contribution in [0.15, 0.2) is 54.6 Å². The molecule has 0 aromatic heterocycles. The first-order valence-electron chi connectivity index (χ1n) is 5.87. The third-order valence-corrected chi connectivity index (χ3v) is 2.49. The van der Waals surface area contributed by atoms with Crippen LogP contribution in [0.1, 0.15) is 15.9 Å². The number of hydrogen-bond acceptors (Lipinski definition) is 2.